The lowest BCUT2D eigenvalue weighted by atomic mass is 10.1. The molecule has 156 valence electrons. The number of ether oxygens (including phenoxy) is 1. The second kappa shape index (κ2) is 11.0. The molecule has 0 saturated carbocycles. The van der Waals surface area contributed by atoms with Gasteiger partial charge < -0.3 is 15.0 Å². The highest BCUT2D eigenvalue weighted by atomic mass is 32.2. The second-order valence-electron chi connectivity index (χ2n) is 7.41. The van der Waals surface area contributed by atoms with Crippen LogP contribution < -0.4 is 5.32 Å². The van der Waals surface area contributed by atoms with Crippen molar-refractivity contribution >= 4 is 28.9 Å². The summed E-state index contributed by atoms with van der Waals surface area (Å²) in [4.78, 5) is 37.4. The Morgan fingerprint density at radius 3 is 2.32 bits per heavy atom. The number of benzene rings is 1. The molecule has 6 nitrogen and oxygen atoms in total. The van der Waals surface area contributed by atoms with Crippen LogP contribution in [0, 0.1) is 5.82 Å². The van der Waals surface area contributed by atoms with Crippen LogP contribution >= 0.6 is 11.8 Å². The van der Waals surface area contributed by atoms with Crippen molar-refractivity contribution in [3.63, 3.8) is 0 Å². The summed E-state index contributed by atoms with van der Waals surface area (Å²) in [5.41, 5.74) is 0.245. The van der Waals surface area contributed by atoms with Crippen molar-refractivity contribution < 1.29 is 23.5 Å². The van der Waals surface area contributed by atoms with Crippen LogP contribution in [-0.2, 0) is 20.7 Å². The Labute approximate surface area is 170 Å². The maximum atomic E-state index is 13.0. The minimum Gasteiger partial charge on any atom is -0.458 e. The molecule has 0 spiro atoms. The van der Waals surface area contributed by atoms with E-state index in [-0.39, 0.29) is 10.9 Å². The van der Waals surface area contributed by atoms with E-state index in [0.717, 1.165) is 17.3 Å². The third-order valence-corrected chi connectivity index (χ3v) is 4.43. The highest BCUT2D eigenvalue weighted by Gasteiger charge is 2.24. The largest absolute Gasteiger partial charge is 0.458 e. The molecular formula is C20H29FN2O4S. The van der Waals surface area contributed by atoms with Crippen LogP contribution in [0.2, 0.25) is 0 Å². The third-order valence-electron chi connectivity index (χ3n) is 3.64. The van der Waals surface area contributed by atoms with Gasteiger partial charge in [-0.15, -0.1) is 0 Å². The topological polar surface area (TPSA) is 75.7 Å². The quantitative estimate of drug-likeness (QED) is 0.663. The van der Waals surface area contributed by atoms with Crippen molar-refractivity contribution in [3.8, 4) is 0 Å². The molecule has 0 aromatic heterocycles. The number of nitrogens with one attached hydrogen (secondary N) is 1. The van der Waals surface area contributed by atoms with Crippen LogP contribution in [0.25, 0.3) is 0 Å². The molecule has 1 N–H and O–H groups in total. The van der Waals surface area contributed by atoms with Gasteiger partial charge in [-0.2, -0.15) is 0 Å². The summed E-state index contributed by atoms with van der Waals surface area (Å²) in [7, 11) is 0. The van der Waals surface area contributed by atoms with Gasteiger partial charge >= 0.3 is 12.0 Å². The van der Waals surface area contributed by atoms with Gasteiger partial charge in [-0.1, -0.05) is 23.9 Å². The molecule has 1 atom stereocenters. The lowest BCUT2D eigenvalue weighted by Crippen LogP contribution is -2.49. The average molecular weight is 413 g/mol. The van der Waals surface area contributed by atoms with Gasteiger partial charge in [0, 0.05) is 25.8 Å². The molecule has 0 aliphatic heterocycles. The van der Waals surface area contributed by atoms with Crippen LogP contribution in [0.1, 0.15) is 40.2 Å². The molecule has 1 aromatic carbocycles. The number of esters is 1. The first kappa shape index (κ1) is 23.9. The number of carbonyl (C=O) groups excluding carboxylic acids is 3. The summed E-state index contributed by atoms with van der Waals surface area (Å²) in [6.45, 7) is 9.02. The van der Waals surface area contributed by atoms with E-state index in [1.807, 2.05) is 0 Å². The summed E-state index contributed by atoms with van der Waals surface area (Å²) < 4.78 is 18.3. The molecule has 0 bridgehead atoms. The fraction of sp³-hybridized carbons (Fsp3) is 0.550. The predicted octanol–water partition coefficient (Wildman–Crippen LogP) is 3.39. The first-order chi connectivity index (χ1) is 13.0. The Hall–Kier alpha value is -2.09. The summed E-state index contributed by atoms with van der Waals surface area (Å²) in [6, 6.07) is 4.86. The van der Waals surface area contributed by atoms with Crippen molar-refractivity contribution in [3.05, 3.63) is 35.6 Å². The van der Waals surface area contributed by atoms with Gasteiger partial charge in [0.2, 0.25) is 0 Å². The van der Waals surface area contributed by atoms with E-state index in [0.29, 0.717) is 25.3 Å². The number of carbonyl (C=O) groups is 3. The lowest BCUT2D eigenvalue weighted by molar-refractivity contribution is -0.156. The maximum Gasteiger partial charge on any atom is 0.328 e. The van der Waals surface area contributed by atoms with E-state index in [1.54, 1.807) is 44.7 Å². The zero-order valence-electron chi connectivity index (χ0n) is 17.1. The van der Waals surface area contributed by atoms with E-state index in [1.165, 1.54) is 19.1 Å². The van der Waals surface area contributed by atoms with Crippen LogP contribution in [0.15, 0.2) is 24.3 Å². The van der Waals surface area contributed by atoms with Gasteiger partial charge in [0.05, 0.1) is 0 Å². The SMILES string of the molecule is CC(=O)SCCN(CCc1ccc(F)cc1)C(=O)N[C@@H](C)C(=O)OC(C)(C)C. The third kappa shape index (κ3) is 9.73. The Kier molecular flexibility index (Phi) is 9.45. The molecule has 1 rings (SSSR count). The number of hydrogen-bond donors (Lipinski definition) is 1. The summed E-state index contributed by atoms with van der Waals surface area (Å²) in [5, 5.41) is 2.62. The maximum absolute atomic E-state index is 13.0. The molecular weight excluding hydrogens is 383 g/mol. The number of rotatable bonds is 8. The molecule has 28 heavy (non-hydrogen) atoms. The lowest BCUT2D eigenvalue weighted by Gasteiger charge is -2.26. The number of hydrogen-bond acceptors (Lipinski definition) is 5. The van der Waals surface area contributed by atoms with Crippen molar-refractivity contribution in [1.82, 2.24) is 10.2 Å². The van der Waals surface area contributed by atoms with E-state index in [4.69, 9.17) is 4.74 Å². The minimum atomic E-state index is -0.805. The van der Waals surface area contributed by atoms with Crippen LogP contribution in [-0.4, -0.2) is 52.5 Å². The summed E-state index contributed by atoms with van der Waals surface area (Å²) in [5.74, 6) is -0.382. The highest BCUT2D eigenvalue weighted by Crippen LogP contribution is 2.10. The Bertz CT molecular complexity index is 674. The van der Waals surface area contributed by atoms with E-state index in [2.05, 4.69) is 5.32 Å². The minimum absolute atomic E-state index is 0.0268. The van der Waals surface area contributed by atoms with Gasteiger partial charge in [0.1, 0.15) is 17.5 Å². The standard InChI is InChI=1S/C20H29FN2O4S/c1-14(18(25)27-20(3,4)5)22-19(26)23(12-13-28-15(2)24)11-10-16-6-8-17(21)9-7-16/h6-9,14H,10-13H2,1-5H3,(H,22,26)/t14-/m0/s1. The Morgan fingerprint density at radius 1 is 1.18 bits per heavy atom. The average Bonchev–Trinajstić information content (AvgIpc) is 2.57. The number of amides is 2. The van der Waals surface area contributed by atoms with Crippen molar-refractivity contribution in [1.29, 1.82) is 0 Å². The number of halogens is 1. The number of urea groups is 1. The first-order valence-electron chi connectivity index (χ1n) is 9.14. The van der Waals surface area contributed by atoms with Gasteiger partial charge in [0.15, 0.2) is 5.12 Å². The van der Waals surface area contributed by atoms with Crippen LogP contribution in [0.3, 0.4) is 0 Å². The molecule has 0 radical (unpaired) electrons. The first-order valence-corrected chi connectivity index (χ1v) is 10.1. The van der Waals surface area contributed by atoms with Crippen molar-refractivity contribution in [2.24, 2.45) is 0 Å². The summed E-state index contributed by atoms with van der Waals surface area (Å²) >= 11 is 1.13. The molecule has 0 unspecified atom stereocenters. The second-order valence-corrected chi connectivity index (χ2v) is 8.68. The smallest absolute Gasteiger partial charge is 0.328 e. The summed E-state index contributed by atoms with van der Waals surface area (Å²) in [6.07, 6.45) is 0.527. The van der Waals surface area contributed by atoms with Gasteiger partial charge in [-0.05, 0) is 51.8 Å². The zero-order valence-corrected chi connectivity index (χ0v) is 17.9. The van der Waals surface area contributed by atoms with Gasteiger partial charge in [0.25, 0.3) is 0 Å². The molecule has 0 aliphatic carbocycles. The predicted molar refractivity (Wildman–Crippen MR) is 109 cm³/mol. The fourth-order valence-electron chi connectivity index (χ4n) is 2.26. The molecule has 2 amide bonds. The molecule has 0 fully saturated rings. The van der Waals surface area contributed by atoms with Crippen molar-refractivity contribution in [2.75, 3.05) is 18.8 Å². The van der Waals surface area contributed by atoms with Crippen LogP contribution in [0.4, 0.5) is 9.18 Å². The Morgan fingerprint density at radius 2 is 1.79 bits per heavy atom. The number of thioether (sulfide) groups is 1. The fourth-order valence-corrected chi connectivity index (χ4v) is 2.85. The van der Waals surface area contributed by atoms with E-state index >= 15 is 0 Å². The van der Waals surface area contributed by atoms with Crippen LogP contribution in [0.5, 0.6) is 0 Å². The van der Waals surface area contributed by atoms with Gasteiger partial charge in [-0.3, -0.25) is 4.79 Å². The zero-order chi connectivity index (χ0) is 21.3. The van der Waals surface area contributed by atoms with E-state index < -0.39 is 23.6 Å². The molecule has 1 aromatic rings. The van der Waals surface area contributed by atoms with Crippen molar-refractivity contribution in [2.45, 2.75) is 52.7 Å². The normalized spacial score (nSPS) is 12.2. The number of nitrogens with zero attached hydrogens (tertiary/aromatic N) is 1. The van der Waals surface area contributed by atoms with Gasteiger partial charge in [-0.25, -0.2) is 14.0 Å². The molecule has 0 heterocycles. The molecule has 0 saturated heterocycles. The molecule has 8 heteroatoms. The molecule has 0 aliphatic rings. The van der Waals surface area contributed by atoms with E-state index in [9.17, 15) is 18.8 Å². The highest BCUT2D eigenvalue weighted by molar-refractivity contribution is 8.13. The Balaban J connectivity index is 2.70. The monoisotopic (exact) mass is 412 g/mol.